The number of hydrogen-bond donors (Lipinski definition) is 1. The van der Waals surface area contributed by atoms with Gasteiger partial charge < -0.3 is 28.8 Å². The first-order valence-electron chi connectivity index (χ1n) is 10.5. The van der Waals surface area contributed by atoms with Crippen LogP contribution in [-0.2, 0) is 14.2 Å². The van der Waals surface area contributed by atoms with Gasteiger partial charge in [-0.05, 0) is 36.4 Å². The number of methoxy groups -OCH3 is 2. The van der Waals surface area contributed by atoms with E-state index in [4.69, 9.17) is 23.7 Å². The zero-order valence-corrected chi connectivity index (χ0v) is 19.1. The standard InChI is InChI=1S/C26H24O9/c1-31-22-13-7-4-10-19(22)24(28)33-15-17(35-26(30)18-9-3-6-12-21(18)27)16-34-25(29)20-11-5-8-14-23(20)32-2/h3-14,17,27H,15-16H2,1-2H3. The zero-order chi connectivity index (χ0) is 25.2. The van der Waals surface area contributed by atoms with Crippen LogP contribution in [0.3, 0.4) is 0 Å². The summed E-state index contributed by atoms with van der Waals surface area (Å²) in [6.45, 7) is -0.842. The first-order valence-corrected chi connectivity index (χ1v) is 10.5. The number of aromatic hydroxyl groups is 1. The fourth-order valence-corrected chi connectivity index (χ4v) is 3.10. The third-order valence-corrected chi connectivity index (χ3v) is 4.85. The molecule has 3 aromatic carbocycles. The van der Waals surface area contributed by atoms with E-state index in [1.807, 2.05) is 0 Å². The summed E-state index contributed by atoms with van der Waals surface area (Å²) in [6.07, 6.45) is -1.17. The molecule has 0 bridgehead atoms. The van der Waals surface area contributed by atoms with Crippen molar-refractivity contribution in [3.05, 3.63) is 89.5 Å². The Labute approximate surface area is 201 Å². The second kappa shape index (κ2) is 12.1. The highest BCUT2D eigenvalue weighted by Gasteiger charge is 2.24. The topological polar surface area (TPSA) is 118 Å². The van der Waals surface area contributed by atoms with Gasteiger partial charge in [-0.25, -0.2) is 14.4 Å². The summed E-state index contributed by atoms with van der Waals surface area (Å²) in [6, 6.07) is 18.7. The van der Waals surface area contributed by atoms with Crippen molar-refractivity contribution < 1.29 is 43.2 Å². The van der Waals surface area contributed by atoms with Gasteiger partial charge in [0.25, 0.3) is 0 Å². The molecule has 3 aromatic rings. The van der Waals surface area contributed by atoms with E-state index >= 15 is 0 Å². The van der Waals surface area contributed by atoms with E-state index in [1.165, 1.54) is 38.5 Å². The van der Waals surface area contributed by atoms with Gasteiger partial charge in [-0.2, -0.15) is 0 Å². The second-order valence-corrected chi connectivity index (χ2v) is 7.14. The minimum atomic E-state index is -1.17. The van der Waals surface area contributed by atoms with E-state index < -0.39 is 37.2 Å². The molecule has 35 heavy (non-hydrogen) atoms. The number of rotatable bonds is 10. The number of ether oxygens (including phenoxy) is 5. The predicted octanol–water partition coefficient (Wildman–Crippen LogP) is 3.65. The summed E-state index contributed by atoms with van der Waals surface area (Å²) < 4.78 is 26.3. The van der Waals surface area contributed by atoms with Crippen LogP contribution in [0.4, 0.5) is 0 Å². The summed E-state index contributed by atoms with van der Waals surface area (Å²) in [5, 5.41) is 9.94. The number of benzene rings is 3. The first-order chi connectivity index (χ1) is 16.9. The highest BCUT2D eigenvalue weighted by Crippen LogP contribution is 2.21. The lowest BCUT2D eigenvalue weighted by atomic mass is 10.2. The number of phenolic OH excluding ortho intramolecular Hbond substituents is 1. The molecule has 0 aliphatic heterocycles. The molecule has 0 aliphatic carbocycles. The SMILES string of the molecule is COc1ccccc1C(=O)OCC(COC(=O)c1ccccc1OC)OC(=O)c1ccccc1O. The van der Waals surface area contributed by atoms with Crippen LogP contribution in [-0.4, -0.2) is 56.6 Å². The van der Waals surface area contributed by atoms with Gasteiger partial charge in [-0.1, -0.05) is 36.4 Å². The summed E-state index contributed by atoms with van der Waals surface area (Å²) in [4.78, 5) is 37.8. The Balaban J connectivity index is 1.73. The largest absolute Gasteiger partial charge is 0.507 e. The minimum Gasteiger partial charge on any atom is -0.507 e. The molecule has 9 nitrogen and oxygen atoms in total. The summed E-state index contributed by atoms with van der Waals surface area (Å²) in [5.41, 5.74) is 0.253. The fraction of sp³-hybridized carbons (Fsp3) is 0.192. The molecule has 3 rings (SSSR count). The molecule has 1 N–H and O–H groups in total. The highest BCUT2D eigenvalue weighted by atomic mass is 16.6. The van der Waals surface area contributed by atoms with Crippen LogP contribution in [0.15, 0.2) is 72.8 Å². The molecule has 0 saturated heterocycles. The second-order valence-electron chi connectivity index (χ2n) is 7.14. The van der Waals surface area contributed by atoms with E-state index in [0.717, 1.165) is 0 Å². The molecule has 0 atom stereocenters. The summed E-state index contributed by atoms with van der Waals surface area (Å²) in [7, 11) is 2.83. The lowest BCUT2D eigenvalue weighted by molar-refractivity contribution is -0.0256. The van der Waals surface area contributed by atoms with E-state index in [2.05, 4.69) is 0 Å². The smallest absolute Gasteiger partial charge is 0.342 e. The number of carbonyl (C=O) groups is 3. The third kappa shape index (κ3) is 6.50. The molecule has 0 amide bonds. The van der Waals surface area contributed by atoms with E-state index in [1.54, 1.807) is 48.5 Å². The van der Waals surface area contributed by atoms with Gasteiger partial charge in [0.15, 0.2) is 6.10 Å². The Morgan fingerprint density at radius 3 is 1.54 bits per heavy atom. The number of para-hydroxylation sites is 3. The van der Waals surface area contributed by atoms with Crippen molar-refractivity contribution in [1.82, 2.24) is 0 Å². The van der Waals surface area contributed by atoms with Gasteiger partial charge in [0.2, 0.25) is 0 Å². The Hall–Kier alpha value is -4.53. The maximum atomic E-state index is 12.6. The van der Waals surface area contributed by atoms with Crippen LogP contribution in [0.25, 0.3) is 0 Å². The Morgan fingerprint density at radius 2 is 1.09 bits per heavy atom. The molecule has 182 valence electrons. The zero-order valence-electron chi connectivity index (χ0n) is 19.1. The Bertz CT molecular complexity index is 1130. The van der Waals surface area contributed by atoms with Gasteiger partial charge in [-0.15, -0.1) is 0 Å². The van der Waals surface area contributed by atoms with Crippen LogP contribution in [0.5, 0.6) is 17.2 Å². The number of phenols is 1. The monoisotopic (exact) mass is 480 g/mol. The van der Waals surface area contributed by atoms with Gasteiger partial charge in [0, 0.05) is 0 Å². The average molecular weight is 480 g/mol. The van der Waals surface area contributed by atoms with E-state index in [9.17, 15) is 19.5 Å². The normalized spacial score (nSPS) is 10.4. The fourth-order valence-electron chi connectivity index (χ4n) is 3.10. The van der Waals surface area contributed by atoms with Gasteiger partial charge >= 0.3 is 17.9 Å². The summed E-state index contributed by atoms with van der Waals surface area (Å²) >= 11 is 0. The molecule has 0 saturated carbocycles. The van der Waals surface area contributed by atoms with Crippen LogP contribution >= 0.6 is 0 Å². The maximum absolute atomic E-state index is 12.6. The molecule has 0 aliphatic rings. The van der Waals surface area contributed by atoms with Crippen molar-refractivity contribution in [1.29, 1.82) is 0 Å². The molecule has 0 radical (unpaired) electrons. The molecule has 9 heteroatoms. The lowest BCUT2D eigenvalue weighted by Crippen LogP contribution is -2.31. The van der Waals surface area contributed by atoms with Gasteiger partial charge in [-0.3, -0.25) is 0 Å². The lowest BCUT2D eigenvalue weighted by Gasteiger charge is -2.19. The molecule has 0 heterocycles. The highest BCUT2D eigenvalue weighted by molar-refractivity contribution is 5.94. The summed E-state index contributed by atoms with van der Waals surface area (Å²) in [5.74, 6) is -1.99. The minimum absolute atomic E-state index is 0.0930. The van der Waals surface area contributed by atoms with E-state index in [-0.39, 0.29) is 22.4 Å². The molecule has 0 unspecified atom stereocenters. The van der Waals surface area contributed by atoms with Crippen molar-refractivity contribution in [2.24, 2.45) is 0 Å². The first kappa shape index (κ1) is 25.1. The van der Waals surface area contributed by atoms with Gasteiger partial charge in [0.1, 0.15) is 47.2 Å². The third-order valence-electron chi connectivity index (χ3n) is 4.85. The van der Waals surface area contributed by atoms with E-state index in [0.29, 0.717) is 11.5 Å². The quantitative estimate of drug-likeness (QED) is 0.343. The van der Waals surface area contributed by atoms with Crippen molar-refractivity contribution in [2.45, 2.75) is 6.10 Å². The molecular weight excluding hydrogens is 456 g/mol. The van der Waals surface area contributed by atoms with Crippen molar-refractivity contribution in [3.63, 3.8) is 0 Å². The molecule has 0 spiro atoms. The number of esters is 3. The molecule has 0 fully saturated rings. The van der Waals surface area contributed by atoms with Crippen LogP contribution in [0.1, 0.15) is 31.1 Å². The Kier molecular flexibility index (Phi) is 8.66. The van der Waals surface area contributed by atoms with Crippen LogP contribution < -0.4 is 9.47 Å². The average Bonchev–Trinajstić information content (AvgIpc) is 2.89. The van der Waals surface area contributed by atoms with Crippen molar-refractivity contribution >= 4 is 17.9 Å². The predicted molar refractivity (Wildman–Crippen MR) is 124 cm³/mol. The maximum Gasteiger partial charge on any atom is 0.342 e. The van der Waals surface area contributed by atoms with Gasteiger partial charge in [0.05, 0.1) is 14.2 Å². The number of hydrogen-bond acceptors (Lipinski definition) is 9. The van der Waals surface area contributed by atoms with Crippen molar-refractivity contribution in [3.8, 4) is 17.2 Å². The molecular formula is C26H24O9. The number of carbonyl (C=O) groups excluding carboxylic acids is 3. The molecule has 0 aromatic heterocycles. The van der Waals surface area contributed by atoms with Crippen LogP contribution in [0.2, 0.25) is 0 Å². The van der Waals surface area contributed by atoms with Crippen molar-refractivity contribution in [2.75, 3.05) is 27.4 Å². The van der Waals surface area contributed by atoms with Crippen LogP contribution in [0, 0.1) is 0 Å². The Morgan fingerprint density at radius 1 is 0.657 bits per heavy atom.